The van der Waals surface area contributed by atoms with Crippen LogP contribution in [0.15, 0.2) is 17.1 Å². The van der Waals surface area contributed by atoms with Gasteiger partial charge >= 0.3 is 0 Å². The number of aromatic amines is 1. The molecule has 3 rings (SSSR count). The number of aromatic nitrogens is 1. The second kappa shape index (κ2) is 2.60. The van der Waals surface area contributed by atoms with Gasteiger partial charge in [-0.3, -0.25) is 4.79 Å². The largest absolute Gasteiger partial charge is 0.485 e. The summed E-state index contributed by atoms with van der Waals surface area (Å²) in [6.45, 7) is 1.45. The molecule has 1 saturated carbocycles. The van der Waals surface area contributed by atoms with Crippen molar-refractivity contribution in [2.45, 2.75) is 25.0 Å². The van der Waals surface area contributed by atoms with Crippen LogP contribution in [0.4, 0.5) is 0 Å². The van der Waals surface area contributed by atoms with E-state index in [1.54, 1.807) is 6.20 Å². The molecule has 0 amide bonds. The maximum atomic E-state index is 11.5. The topological polar surface area (TPSA) is 54.1 Å². The van der Waals surface area contributed by atoms with Gasteiger partial charge in [-0.2, -0.15) is 0 Å². The number of hydrogen-bond acceptors (Lipinski definition) is 3. The van der Waals surface area contributed by atoms with Gasteiger partial charge < -0.3 is 15.0 Å². The maximum Gasteiger partial charge on any atom is 0.256 e. The lowest BCUT2D eigenvalue weighted by molar-refractivity contribution is 0.184. The van der Waals surface area contributed by atoms with Crippen molar-refractivity contribution in [3.05, 3.63) is 28.2 Å². The molecular weight excluding hydrogens is 180 g/mol. The minimum absolute atomic E-state index is 0.0148. The highest BCUT2D eigenvalue weighted by Gasteiger charge is 2.46. The molecule has 1 aromatic rings. The number of pyridine rings is 1. The van der Waals surface area contributed by atoms with Crippen LogP contribution in [0.25, 0.3) is 0 Å². The Kier molecular flexibility index (Phi) is 1.50. The van der Waals surface area contributed by atoms with Gasteiger partial charge in [0.2, 0.25) is 0 Å². The van der Waals surface area contributed by atoms with E-state index in [4.69, 9.17) is 4.74 Å². The van der Waals surface area contributed by atoms with Crippen LogP contribution in [0.2, 0.25) is 0 Å². The van der Waals surface area contributed by atoms with E-state index in [0.29, 0.717) is 6.54 Å². The SMILES string of the molecule is O=c1[nH]ccc2c1CNCC1(CC1)O2. The van der Waals surface area contributed by atoms with Crippen molar-refractivity contribution in [3.8, 4) is 5.75 Å². The van der Waals surface area contributed by atoms with Crippen LogP contribution in [0, 0.1) is 0 Å². The van der Waals surface area contributed by atoms with E-state index in [1.807, 2.05) is 6.07 Å². The molecule has 1 fully saturated rings. The predicted molar refractivity (Wildman–Crippen MR) is 51.4 cm³/mol. The third kappa shape index (κ3) is 1.14. The molecule has 1 aliphatic carbocycles. The zero-order valence-corrected chi connectivity index (χ0v) is 7.80. The smallest absolute Gasteiger partial charge is 0.256 e. The Bertz CT molecular complexity index is 420. The highest BCUT2D eigenvalue weighted by molar-refractivity contribution is 5.33. The van der Waals surface area contributed by atoms with Crippen molar-refractivity contribution < 1.29 is 4.74 Å². The molecule has 0 atom stereocenters. The molecule has 0 aromatic carbocycles. The molecule has 74 valence electrons. The Labute approximate surface area is 81.3 Å². The van der Waals surface area contributed by atoms with Crippen LogP contribution < -0.4 is 15.6 Å². The van der Waals surface area contributed by atoms with Crippen LogP contribution in [-0.4, -0.2) is 17.1 Å². The van der Waals surface area contributed by atoms with E-state index < -0.39 is 0 Å². The lowest BCUT2D eigenvalue weighted by Crippen LogP contribution is -2.30. The summed E-state index contributed by atoms with van der Waals surface area (Å²) in [5.41, 5.74) is 0.656. The van der Waals surface area contributed by atoms with Gasteiger partial charge in [0.1, 0.15) is 11.4 Å². The highest BCUT2D eigenvalue weighted by atomic mass is 16.5. The number of hydrogen-bond donors (Lipinski definition) is 2. The first kappa shape index (κ1) is 8.05. The Morgan fingerprint density at radius 2 is 2.29 bits per heavy atom. The van der Waals surface area contributed by atoms with Crippen molar-refractivity contribution in [2.24, 2.45) is 0 Å². The molecule has 0 bridgehead atoms. The minimum Gasteiger partial charge on any atom is -0.485 e. The Hall–Kier alpha value is -1.29. The molecule has 0 unspecified atom stereocenters. The summed E-state index contributed by atoms with van der Waals surface area (Å²) >= 11 is 0. The fraction of sp³-hybridized carbons (Fsp3) is 0.500. The molecule has 1 aromatic heterocycles. The Balaban J connectivity index is 2.07. The van der Waals surface area contributed by atoms with Crippen LogP contribution in [0.5, 0.6) is 5.75 Å². The van der Waals surface area contributed by atoms with Gasteiger partial charge in [-0.25, -0.2) is 0 Å². The van der Waals surface area contributed by atoms with Gasteiger partial charge in [0, 0.05) is 19.3 Å². The van der Waals surface area contributed by atoms with Gasteiger partial charge in [0.05, 0.1) is 5.56 Å². The quantitative estimate of drug-likeness (QED) is 0.625. The molecule has 1 spiro atoms. The van der Waals surface area contributed by atoms with E-state index in [-0.39, 0.29) is 11.2 Å². The monoisotopic (exact) mass is 192 g/mol. The lowest BCUT2D eigenvalue weighted by Gasteiger charge is -2.14. The number of nitrogens with one attached hydrogen (secondary N) is 2. The van der Waals surface area contributed by atoms with E-state index in [1.165, 1.54) is 0 Å². The predicted octanol–water partition coefficient (Wildman–Crippen LogP) is 0.390. The second-order valence-electron chi connectivity index (χ2n) is 4.04. The lowest BCUT2D eigenvalue weighted by atomic mass is 10.2. The molecule has 0 saturated heterocycles. The van der Waals surface area contributed by atoms with Crippen LogP contribution in [0.3, 0.4) is 0 Å². The van der Waals surface area contributed by atoms with Crippen molar-refractivity contribution in [1.29, 1.82) is 0 Å². The second-order valence-corrected chi connectivity index (χ2v) is 4.04. The van der Waals surface area contributed by atoms with E-state index in [9.17, 15) is 4.79 Å². The fourth-order valence-electron chi connectivity index (χ4n) is 1.86. The maximum absolute atomic E-state index is 11.5. The summed E-state index contributed by atoms with van der Waals surface area (Å²) in [7, 11) is 0. The molecule has 4 heteroatoms. The van der Waals surface area contributed by atoms with Gasteiger partial charge in [0.25, 0.3) is 5.56 Å². The van der Waals surface area contributed by atoms with Gasteiger partial charge in [-0.1, -0.05) is 0 Å². The van der Waals surface area contributed by atoms with E-state index in [0.717, 1.165) is 30.7 Å². The average molecular weight is 192 g/mol. The summed E-state index contributed by atoms with van der Waals surface area (Å²) in [4.78, 5) is 14.1. The summed E-state index contributed by atoms with van der Waals surface area (Å²) in [6, 6.07) is 1.84. The number of H-pyrrole nitrogens is 1. The minimum atomic E-state index is -0.0484. The Morgan fingerprint density at radius 1 is 1.43 bits per heavy atom. The summed E-state index contributed by atoms with van der Waals surface area (Å²) in [6.07, 6.45) is 3.82. The summed E-state index contributed by atoms with van der Waals surface area (Å²) in [5, 5.41) is 3.25. The first-order chi connectivity index (χ1) is 6.79. The fourth-order valence-corrected chi connectivity index (χ4v) is 1.86. The average Bonchev–Trinajstić information content (AvgIpc) is 2.93. The van der Waals surface area contributed by atoms with Crippen molar-refractivity contribution >= 4 is 0 Å². The van der Waals surface area contributed by atoms with Gasteiger partial charge in [-0.15, -0.1) is 0 Å². The molecule has 0 radical (unpaired) electrons. The molecule has 2 N–H and O–H groups in total. The molecule has 14 heavy (non-hydrogen) atoms. The first-order valence-electron chi connectivity index (χ1n) is 4.89. The highest BCUT2D eigenvalue weighted by Crippen LogP contribution is 2.41. The number of rotatable bonds is 0. The first-order valence-corrected chi connectivity index (χ1v) is 4.89. The van der Waals surface area contributed by atoms with Crippen molar-refractivity contribution in [1.82, 2.24) is 10.3 Å². The number of fused-ring (bicyclic) bond motifs is 1. The van der Waals surface area contributed by atoms with Crippen LogP contribution in [0.1, 0.15) is 18.4 Å². The number of ether oxygens (including phenoxy) is 1. The van der Waals surface area contributed by atoms with Crippen molar-refractivity contribution in [2.75, 3.05) is 6.54 Å². The normalized spacial score (nSPS) is 22.3. The van der Waals surface area contributed by atoms with E-state index in [2.05, 4.69) is 10.3 Å². The van der Waals surface area contributed by atoms with Crippen molar-refractivity contribution in [3.63, 3.8) is 0 Å². The van der Waals surface area contributed by atoms with Gasteiger partial charge in [0.15, 0.2) is 0 Å². The van der Waals surface area contributed by atoms with E-state index >= 15 is 0 Å². The summed E-state index contributed by atoms with van der Waals surface area (Å²) in [5.74, 6) is 0.747. The summed E-state index contributed by atoms with van der Waals surface area (Å²) < 4.78 is 5.85. The molecule has 2 aliphatic rings. The molecule has 2 heterocycles. The molecule has 4 nitrogen and oxygen atoms in total. The third-order valence-corrected chi connectivity index (χ3v) is 2.90. The molecular formula is C10H12N2O2. The Morgan fingerprint density at radius 3 is 3.07 bits per heavy atom. The van der Waals surface area contributed by atoms with Crippen LogP contribution in [-0.2, 0) is 6.54 Å². The third-order valence-electron chi connectivity index (χ3n) is 2.90. The zero-order valence-electron chi connectivity index (χ0n) is 7.80. The standard InChI is InChI=1S/C10H12N2O2/c13-9-7-5-11-6-10(2-3-10)14-8(7)1-4-12-9/h1,4,11H,2-3,5-6H2,(H,12,13). The molecule has 1 aliphatic heterocycles. The van der Waals surface area contributed by atoms with Gasteiger partial charge in [-0.05, 0) is 18.9 Å². The van der Waals surface area contributed by atoms with Crippen LogP contribution >= 0.6 is 0 Å². The zero-order chi connectivity index (χ0) is 9.60.